The molecule has 0 unspecified atom stereocenters. The third-order valence-corrected chi connectivity index (χ3v) is 2.72. The van der Waals surface area contributed by atoms with Gasteiger partial charge >= 0.3 is 5.97 Å². The van der Waals surface area contributed by atoms with Crippen LogP contribution in [0.15, 0.2) is 28.9 Å². The number of aryl methyl sites for hydroxylation is 2. The molecule has 5 heteroatoms. The number of carboxylic acid groups (broad SMARTS) is 1. The average molecular weight is 260 g/mol. The van der Waals surface area contributed by atoms with E-state index in [1.807, 2.05) is 19.1 Å². The molecule has 0 aliphatic heterocycles. The van der Waals surface area contributed by atoms with Crippen LogP contribution < -0.4 is 0 Å². The number of pyridine rings is 1. The zero-order valence-corrected chi connectivity index (χ0v) is 10.8. The fourth-order valence-electron chi connectivity index (χ4n) is 1.85. The number of carbonyl (C=O) groups is 1. The second kappa shape index (κ2) is 6.13. The topological polar surface area (TPSA) is 76.2 Å². The van der Waals surface area contributed by atoms with Crippen LogP contribution in [0.2, 0.25) is 0 Å². The summed E-state index contributed by atoms with van der Waals surface area (Å²) in [5.41, 5.74) is 1.59. The van der Waals surface area contributed by atoms with Crippen molar-refractivity contribution in [3.63, 3.8) is 0 Å². The lowest BCUT2D eigenvalue weighted by atomic mass is 10.1. The minimum atomic E-state index is -0.833. The van der Waals surface area contributed by atoms with E-state index >= 15 is 0 Å². The van der Waals surface area contributed by atoms with Crippen LogP contribution in [0.3, 0.4) is 0 Å². The van der Waals surface area contributed by atoms with Gasteiger partial charge in [0, 0.05) is 30.8 Å². The standard InChI is InChI=1S/C14H16N2O3/c1-2-3-12-16-11(4-5-13(17)18)14(19-12)10-6-8-15-9-7-10/h6-9H,2-5H2,1H3,(H,17,18). The summed E-state index contributed by atoms with van der Waals surface area (Å²) >= 11 is 0. The molecule has 0 radical (unpaired) electrons. The van der Waals surface area contributed by atoms with Crippen molar-refractivity contribution in [2.45, 2.75) is 32.6 Å². The number of hydrogen-bond donors (Lipinski definition) is 1. The first-order valence-electron chi connectivity index (χ1n) is 6.31. The summed E-state index contributed by atoms with van der Waals surface area (Å²) in [6.45, 7) is 2.05. The largest absolute Gasteiger partial charge is 0.481 e. The predicted octanol–water partition coefficient (Wildman–Crippen LogP) is 2.71. The molecule has 0 saturated heterocycles. The molecule has 2 rings (SSSR count). The average Bonchev–Trinajstić information content (AvgIpc) is 2.81. The SMILES string of the molecule is CCCc1nc(CCC(=O)O)c(-c2ccncc2)o1. The van der Waals surface area contributed by atoms with Gasteiger partial charge in [-0.2, -0.15) is 0 Å². The molecule has 2 aromatic heterocycles. The molecule has 0 aromatic carbocycles. The summed E-state index contributed by atoms with van der Waals surface area (Å²) in [4.78, 5) is 19.0. The molecule has 100 valence electrons. The highest BCUT2D eigenvalue weighted by Gasteiger charge is 2.15. The van der Waals surface area contributed by atoms with Crippen molar-refractivity contribution in [3.05, 3.63) is 36.1 Å². The Labute approximate surface area is 111 Å². The van der Waals surface area contributed by atoms with Crippen molar-refractivity contribution >= 4 is 5.97 Å². The van der Waals surface area contributed by atoms with E-state index in [1.54, 1.807) is 12.4 Å². The maximum Gasteiger partial charge on any atom is 0.303 e. The highest BCUT2D eigenvalue weighted by molar-refractivity contribution is 5.68. The molecule has 2 heterocycles. The van der Waals surface area contributed by atoms with Gasteiger partial charge in [-0.05, 0) is 18.6 Å². The summed E-state index contributed by atoms with van der Waals surface area (Å²) in [5.74, 6) is 0.488. The van der Waals surface area contributed by atoms with Crippen molar-refractivity contribution in [2.75, 3.05) is 0 Å². The lowest BCUT2D eigenvalue weighted by Gasteiger charge is -1.99. The van der Waals surface area contributed by atoms with Crippen LogP contribution in [-0.2, 0) is 17.6 Å². The Morgan fingerprint density at radius 1 is 1.32 bits per heavy atom. The second-order valence-electron chi connectivity index (χ2n) is 4.26. The Kier molecular flexibility index (Phi) is 4.28. The number of oxazole rings is 1. The van der Waals surface area contributed by atoms with E-state index in [4.69, 9.17) is 9.52 Å². The van der Waals surface area contributed by atoms with E-state index in [2.05, 4.69) is 9.97 Å². The molecule has 0 aliphatic carbocycles. The summed E-state index contributed by atoms with van der Waals surface area (Å²) in [7, 11) is 0. The Balaban J connectivity index is 2.31. The highest BCUT2D eigenvalue weighted by atomic mass is 16.4. The minimum absolute atomic E-state index is 0.0518. The van der Waals surface area contributed by atoms with Crippen molar-refractivity contribution in [2.24, 2.45) is 0 Å². The van der Waals surface area contributed by atoms with Crippen LogP contribution in [0.25, 0.3) is 11.3 Å². The van der Waals surface area contributed by atoms with Gasteiger partial charge in [0.05, 0.1) is 12.1 Å². The van der Waals surface area contributed by atoms with Gasteiger partial charge in [-0.1, -0.05) is 6.92 Å². The van der Waals surface area contributed by atoms with Crippen LogP contribution in [0.4, 0.5) is 0 Å². The first-order chi connectivity index (χ1) is 9.20. The van der Waals surface area contributed by atoms with Gasteiger partial charge in [0.15, 0.2) is 11.7 Å². The molecule has 0 spiro atoms. The van der Waals surface area contributed by atoms with Gasteiger partial charge in [-0.25, -0.2) is 4.98 Å². The number of aliphatic carboxylic acids is 1. The normalized spacial score (nSPS) is 10.6. The molecule has 0 amide bonds. The molecular weight excluding hydrogens is 244 g/mol. The molecule has 1 N–H and O–H groups in total. The lowest BCUT2D eigenvalue weighted by Crippen LogP contribution is -1.99. The lowest BCUT2D eigenvalue weighted by molar-refractivity contribution is -0.136. The quantitative estimate of drug-likeness (QED) is 0.864. The zero-order chi connectivity index (χ0) is 13.7. The van der Waals surface area contributed by atoms with E-state index in [1.165, 1.54) is 0 Å². The Morgan fingerprint density at radius 3 is 2.68 bits per heavy atom. The number of nitrogens with zero attached hydrogens (tertiary/aromatic N) is 2. The molecule has 0 atom stereocenters. The molecule has 19 heavy (non-hydrogen) atoms. The van der Waals surface area contributed by atoms with Gasteiger partial charge < -0.3 is 9.52 Å². The highest BCUT2D eigenvalue weighted by Crippen LogP contribution is 2.26. The summed E-state index contributed by atoms with van der Waals surface area (Å²) in [5, 5.41) is 8.78. The number of rotatable bonds is 6. The first kappa shape index (κ1) is 13.3. The van der Waals surface area contributed by atoms with Crippen LogP contribution in [0, 0.1) is 0 Å². The van der Waals surface area contributed by atoms with Crippen molar-refractivity contribution in [3.8, 4) is 11.3 Å². The summed E-state index contributed by atoms with van der Waals surface area (Å²) < 4.78 is 5.74. The van der Waals surface area contributed by atoms with Crippen LogP contribution in [0.1, 0.15) is 31.4 Å². The fraction of sp³-hybridized carbons (Fsp3) is 0.357. The van der Waals surface area contributed by atoms with Crippen LogP contribution in [0.5, 0.6) is 0 Å². The Bertz CT molecular complexity index is 549. The maximum absolute atomic E-state index is 10.7. The first-order valence-corrected chi connectivity index (χ1v) is 6.31. The number of carboxylic acids is 1. The van der Waals surface area contributed by atoms with Gasteiger partial charge in [0.2, 0.25) is 0 Å². The minimum Gasteiger partial charge on any atom is -0.481 e. The molecule has 0 aliphatic rings. The van der Waals surface area contributed by atoms with E-state index in [9.17, 15) is 4.79 Å². The predicted molar refractivity (Wildman–Crippen MR) is 69.7 cm³/mol. The number of hydrogen-bond acceptors (Lipinski definition) is 4. The van der Waals surface area contributed by atoms with Gasteiger partial charge in [0.25, 0.3) is 0 Å². The molecule has 2 aromatic rings. The third kappa shape index (κ3) is 3.40. The maximum atomic E-state index is 10.7. The molecular formula is C14H16N2O3. The van der Waals surface area contributed by atoms with Crippen molar-refractivity contribution < 1.29 is 14.3 Å². The van der Waals surface area contributed by atoms with E-state index in [-0.39, 0.29) is 6.42 Å². The van der Waals surface area contributed by atoms with E-state index in [0.29, 0.717) is 23.8 Å². The molecule has 5 nitrogen and oxygen atoms in total. The molecule has 0 fully saturated rings. The van der Waals surface area contributed by atoms with E-state index in [0.717, 1.165) is 18.4 Å². The van der Waals surface area contributed by atoms with Gasteiger partial charge in [-0.3, -0.25) is 9.78 Å². The zero-order valence-electron chi connectivity index (χ0n) is 10.8. The monoisotopic (exact) mass is 260 g/mol. The summed E-state index contributed by atoms with van der Waals surface area (Å²) in [6, 6.07) is 3.67. The third-order valence-electron chi connectivity index (χ3n) is 2.72. The van der Waals surface area contributed by atoms with Crippen molar-refractivity contribution in [1.29, 1.82) is 0 Å². The number of aromatic nitrogens is 2. The molecule has 0 saturated carbocycles. The Hall–Kier alpha value is -2.17. The van der Waals surface area contributed by atoms with Gasteiger partial charge in [-0.15, -0.1) is 0 Å². The smallest absolute Gasteiger partial charge is 0.303 e. The van der Waals surface area contributed by atoms with Crippen LogP contribution in [-0.4, -0.2) is 21.0 Å². The van der Waals surface area contributed by atoms with Gasteiger partial charge in [0.1, 0.15) is 0 Å². The second-order valence-corrected chi connectivity index (χ2v) is 4.26. The van der Waals surface area contributed by atoms with Crippen LogP contribution >= 0.6 is 0 Å². The van der Waals surface area contributed by atoms with E-state index < -0.39 is 5.97 Å². The Morgan fingerprint density at radius 2 is 2.05 bits per heavy atom. The van der Waals surface area contributed by atoms with Crippen molar-refractivity contribution in [1.82, 2.24) is 9.97 Å². The molecule has 0 bridgehead atoms. The summed E-state index contributed by atoms with van der Waals surface area (Å²) in [6.07, 6.45) is 5.48. The fourth-order valence-corrected chi connectivity index (χ4v) is 1.85.